The summed E-state index contributed by atoms with van der Waals surface area (Å²) in [4.78, 5) is 20.6. The molecule has 2 aromatic carbocycles. The molecule has 0 unspecified atom stereocenters. The molecule has 3 rings (SSSR count). The highest BCUT2D eigenvalue weighted by atomic mass is 127. The molecule has 6 nitrogen and oxygen atoms in total. The summed E-state index contributed by atoms with van der Waals surface area (Å²) in [5.74, 6) is 0.799. The Balaban J connectivity index is 1.48. The SMILES string of the molecule is Cc1ccc(COc2ccc(/C=N\NC(=O)CSc3nc(C)cc(C)n3)cc2I)cc1. The molecular formula is C23H23IN4O2S. The number of hydrogen-bond donors (Lipinski definition) is 1. The van der Waals surface area contributed by atoms with Crippen LogP contribution in [0, 0.1) is 24.3 Å². The molecular weight excluding hydrogens is 523 g/mol. The highest BCUT2D eigenvalue weighted by Gasteiger charge is 2.06. The molecule has 0 bridgehead atoms. The predicted molar refractivity (Wildman–Crippen MR) is 133 cm³/mol. The molecule has 1 aromatic heterocycles. The van der Waals surface area contributed by atoms with E-state index in [1.807, 2.05) is 38.1 Å². The van der Waals surface area contributed by atoms with E-state index in [1.54, 1.807) is 6.21 Å². The van der Waals surface area contributed by atoms with Crippen LogP contribution in [0.2, 0.25) is 0 Å². The Kier molecular flexibility index (Phi) is 8.42. The summed E-state index contributed by atoms with van der Waals surface area (Å²) in [7, 11) is 0. The first-order chi connectivity index (χ1) is 14.9. The molecule has 0 spiro atoms. The van der Waals surface area contributed by atoms with Crippen molar-refractivity contribution in [1.29, 1.82) is 0 Å². The maximum atomic E-state index is 12.0. The van der Waals surface area contributed by atoms with Crippen molar-refractivity contribution in [2.24, 2.45) is 5.10 Å². The van der Waals surface area contributed by atoms with E-state index in [1.165, 1.54) is 17.3 Å². The minimum atomic E-state index is -0.211. The smallest absolute Gasteiger partial charge is 0.250 e. The number of amides is 1. The third kappa shape index (κ3) is 7.62. The maximum absolute atomic E-state index is 12.0. The molecule has 0 aliphatic heterocycles. The number of thioether (sulfide) groups is 1. The summed E-state index contributed by atoms with van der Waals surface area (Å²) in [6.07, 6.45) is 1.61. The number of benzene rings is 2. The van der Waals surface area contributed by atoms with Gasteiger partial charge in [0.2, 0.25) is 0 Å². The number of ether oxygens (including phenoxy) is 1. The highest BCUT2D eigenvalue weighted by molar-refractivity contribution is 14.1. The molecule has 0 saturated carbocycles. The third-order valence-electron chi connectivity index (χ3n) is 4.17. The Morgan fingerprint density at radius 3 is 2.48 bits per heavy atom. The van der Waals surface area contributed by atoms with Crippen LogP contribution in [-0.4, -0.2) is 27.8 Å². The lowest BCUT2D eigenvalue weighted by molar-refractivity contribution is -0.118. The summed E-state index contributed by atoms with van der Waals surface area (Å²) in [5.41, 5.74) is 7.53. The summed E-state index contributed by atoms with van der Waals surface area (Å²) in [6, 6.07) is 15.9. The van der Waals surface area contributed by atoms with Gasteiger partial charge in [0.05, 0.1) is 15.5 Å². The topological polar surface area (TPSA) is 76.5 Å². The molecule has 0 saturated heterocycles. The lowest BCUT2D eigenvalue weighted by Gasteiger charge is -2.09. The number of aryl methyl sites for hydroxylation is 3. The first-order valence-electron chi connectivity index (χ1n) is 9.64. The molecule has 8 heteroatoms. The molecule has 0 radical (unpaired) electrons. The molecule has 0 aliphatic rings. The number of rotatable bonds is 8. The molecule has 1 N–H and O–H groups in total. The molecule has 31 heavy (non-hydrogen) atoms. The van der Waals surface area contributed by atoms with Crippen LogP contribution in [-0.2, 0) is 11.4 Å². The number of nitrogens with one attached hydrogen (secondary N) is 1. The molecule has 0 fully saturated rings. The van der Waals surface area contributed by atoms with Gasteiger partial charge in [0.1, 0.15) is 12.4 Å². The summed E-state index contributed by atoms with van der Waals surface area (Å²) in [6.45, 7) is 6.39. The fraction of sp³-hybridized carbons (Fsp3) is 0.217. The van der Waals surface area contributed by atoms with Crippen LogP contribution in [0.4, 0.5) is 0 Å². The van der Waals surface area contributed by atoms with Gasteiger partial charge in [0.15, 0.2) is 5.16 Å². The van der Waals surface area contributed by atoms with Crippen molar-refractivity contribution in [2.45, 2.75) is 32.5 Å². The van der Waals surface area contributed by atoms with E-state index >= 15 is 0 Å². The van der Waals surface area contributed by atoms with Gasteiger partial charge in [-0.15, -0.1) is 0 Å². The number of halogens is 1. The Labute approximate surface area is 200 Å². The summed E-state index contributed by atoms with van der Waals surface area (Å²) in [5, 5.41) is 4.63. The van der Waals surface area contributed by atoms with Crippen LogP contribution < -0.4 is 10.2 Å². The second-order valence-corrected chi connectivity index (χ2v) is 9.08. The van der Waals surface area contributed by atoms with Gasteiger partial charge in [-0.25, -0.2) is 15.4 Å². The van der Waals surface area contributed by atoms with E-state index in [0.29, 0.717) is 11.8 Å². The van der Waals surface area contributed by atoms with E-state index in [4.69, 9.17) is 4.74 Å². The van der Waals surface area contributed by atoms with Crippen LogP contribution in [0.5, 0.6) is 5.75 Å². The molecule has 0 aliphatic carbocycles. The zero-order valence-electron chi connectivity index (χ0n) is 17.6. The summed E-state index contributed by atoms with van der Waals surface area (Å²) >= 11 is 3.52. The maximum Gasteiger partial charge on any atom is 0.250 e. The normalized spacial score (nSPS) is 11.0. The van der Waals surface area contributed by atoms with Crippen LogP contribution in [0.3, 0.4) is 0 Å². The van der Waals surface area contributed by atoms with Gasteiger partial charge >= 0.3 is 0 Å². The highest BCUT2D eigenvalue weighted by Crippen LogP contribution is 2.23. The lowest BCUT2D eigenvalue weighted by Crippen LogP contribution is -2.19. The van der Waals surface area contributed by atoms with Crippen LogP contribution in [0.15, 0.2) is 58.8 Å². The van der Waals surface area contributed by atoms with Crippen LogP contribution >= 0.6 is 34.4 Å². The van der Waals surface area contributed by atoms with Crippen molar-refractivity contribution in [2.75, 3.05) is 5.75 Å². The van der Waals surface area contributed by atoms with Crippen molar-refractivity contribution in [3.63, 3.8) is 0 Å². The van der Waals surface area contributed by atoms with Gasteiger partial charge in [-0.3, -0.25) is 4.79 Å². The molecule has 0 atom stereocenters. The van der Waals surface area contributed by atoms with E-state index in [2.05, 4.69) is 74.3 Å². The average Bonchev–Trinajstić information content (AvgIpc) is 2.72. The number of nitrogens with zero attached hydrogens (tertiary/aromatic N) is 3. The predicted octanol–water partition coefficient (Wildman–Crippen LogP) is 4.83. The van der Waals surface area contributed by atoms with Crippen molar-refractivity contribution >= 4 is 46.5 Å². The van der Waals surface area contributed by atoms with E-state index in [0.717, 1.165) is 31.8 Å². The fourth-order valence-corrected chi connectivity index (χ4v) is 4.10. The molecule has 160 valence electrons. The number of carbonyl (C=O) groups is 1. The standard InChI is InChI=1S/C23H23IN4O2S/c1-15-4-6-18(7-5-15)13-30-21-9-8-19(11-20(21)24)12-25-28-22(29)14-31-23-26-16(2)10-17(3)27-23/h4-12H,13-14H2,1-3H3,(H,28,29)/b25-12-. The van der Waals surface area contributed by atoms with Crippen LogP contribution in [0.1, 0.15) is 28.1 Å². The number of hydrazone groups is 1. The van der Waals surface area contributed by atoms with E-state index in [9.17, 15) is 4.79 Å². The number of carbonyl (C=O) groups excluding carboxylic acids is 1. The van der Waals surface area contributed by atoms with E-state index in [-0.39, 0.29) is 11.7 Å². The lowest BCUT2D eigenvalue weighted by atomic mass is 10.2. The Bertz CT molecular complexity index is 1070. The Morgan fingerprint density at radius 2 is 1.81 bits per heavy atom. The number of aromatic nitrogens is 2. The summed E-state index contributed by atoms with van der Waals surface area (Å²) < 4.78 is 6.89. The first kappa shape index (κ1) is 23.2. The Morgan fingerprint density at radius 1 is 1.10 bits per heavy atom. The third-order valence-corrected chi connectivity index (χ3v) is 5.86. The van der Waals surface area contributed by atoms with Gasteiger partial charge in [-0.1, -0.05) is 41.6 Å². The molecule has 1 amide bonds. The van der Waals surface area contributed by atoms with Gasteiger partial charge in [0.25, 0.3) is 5.91 Å². The quantitative estimate of drug-likeness (QED) is 0.144. The molecule has 1 heterocycles. The minimum absolute atomic E-state index is 0.198. The first-order valence-corrected chi connectivity index (χ1v) is 11.7. The minimum Gasteiger partial charge on any atom is -0.488 e. The zero-order valence-corrected chi connectivity index (χ0v) is 20.5. The second-order valence-electron chi connectivity index (χ2n) is 6.98. The largest absolute Gasteiger partial charge is 0.488 e. The van der Waals surface area contributed by atoms with Gasteiger partial charge < -0.3 is 4.74 Å². The fourth-order valence-electron chi connectivity index (χ4n) is 2.66. The van der Waals surface area contributed by atoms with Gasteiger partial charge in [-0.2, -0.15) is 5.10 Å². The second kappa shape index (κ2) is 11.2. The van der Waals surface area contributed by atoms with Crippen molar-refractivity contribution in [3.05, 3.63) is 80.2 Å². The molecule has 3 aromatic rings. The zero-order chi connectivity index (χ0) is 22.2. The van der Waals surface area contributed by atoms with Crippen LogP contribution in [0.25, 0.3) is 0 Å². The number of hydrogen-bond acceptors (Lipinski definition) is 6. The van der Waals surface area contributed by atoms with E-state index < -0.39 is 0 Å². The van der Waals surface area contributed by atoms with Gasteiger partial charge in [-0.05, 0) is 78.8 Å². The Hall–Kier alpha value is -2.46. The van der Waals surface area contributed by atoms with Crippen molar-refractivity contribution in [3.8, 4) is 5.75 Å². The average molecular weight is 546 g/mol. The van der Waals surface area contributed by atoms with Gasteiger partial charge in [0, 0.05) is 11.4 Å². The monoisotopic (exact) mass is 546 g/mol. The van der Waals surface area contributed by atoms with Crippen molar-refractivity contribution < 1.29 is 9.53 Å². The van der Waals surface area contributed by atoms with Crippen molar-refractivity contribution in [1.82, 2.24) is 15.4 Å².